The Hall–Kier alpha value is -3.69. The maximum atomic E-state index is 11.7. The molecule has 1 aliphatic heterocycles. The number of sulfonamides is 1. The van der Waals surface area contributed by atoms with E-state index < -0.39 is 10.0 Å². The smallest absolute Gasteiger partial charge is 0.229 e. The van der Waals surface area contributed by atoms with Crippen LogP contribution in [0, 0.1) is 34.6 Å². The van der Waals surface area contributed by atoms with Gasteiger partial charge >= 0.3 is 0 Å². The van der Waals surface area contributed by atoms with Gasteiger partial charge < -0.3 is 14.8 Å². The quantitative estimate of drug-likeness (QED) is 0.284. The Balaban J connectivity index is 1.66. The summed E-state index contributed by atoms with van der Waals surface area (Å²) in [7, 11) is -3.38. The zero-order valence-electron chi connectivity index (χ0n) is 23.0. The highest BCUT2D eigenvalue weighted by Gasteiger charge is 2.42. The van der Waals surface area contributed by atoms with Crippen LogP contribution in [0.15, 0.2) is 66.9 Å². The summed E-state index contributed by atoms with van der Waals surface area (Å²) in [5.74, 6) is 0. The third kappa shape index (κ3) is 5.16. The number of aromatic nitrogens is 2. The predicted molar refractivity (Wildman–Crippen MR) is 162 cm³/mol. The Morgan fingerprint density at radius 2 is 1.62 bits per heavy atom. The highest BCUT2D eigenvalue weighted by molar-refractivity contribution is 7.92. The Morgan fingerprint density at radius 3 is 2.21 bits per heavy atom. The maximum absolute atomic E-state index is 11.7. The fourth-order valence-electron chi connectivity index (χ4n) is 5.81. The molecule has 2 atom stereocenters. The summed E-state index contributed by atoms with van der Waals surface area (Å²) in [6.45, 7) is 10.8. The first-order chi connectivity index (χ1) is 18.4. The maximum Gasteiger partial charge on any atom is 0.229 e. The van der Waals surface area contributed by atoms with Crippen molar-refractivity contribution in [2.45, 2.75) is 46.7 Å². The van der Waals surface area contributed by atoms with Crippen LogP contribution in [0.1, 0.15) is 51.4 Å². The summed E-state index contributed by atoms with van der Waals surface area (Å²) in [6.07, 6.45) is 2.94. The molecule has 2 aromatic carbocycles. The first-order valence-corrected chi connectivity index (χ1v) is 15.1. The van der Waals surface area contributed by atoms with Gasteiger partial charge in [0.05, 0.1) is 29.7 Å². The van der Waals surface area contributed by atoms with Crippen LogP contribution in [0.2, 0.25) is 0 Å². The molecule has 7 nitrogen and oxygen atoms in total. The second-order valence-electron chi connectivity index (χ2n) is 10.3. The Kier molecular flexibility index (Phi) is 6.99. The minimum atomic E-state index is -3.38. The summed E-state index contributed by atoms with van der Waals surface area (Å²) in [6, 6.07) is 19.6. The number of hydrogen-bond donors (Lipinski definition) is 2. The molecular weight excluding hydrogens is 526 g/mol. The molecule has 9 heteroatoms. The molecule has 0 bridgehead atoms. The molecule has 0 aliphatic carbocycles. The van der Waals surface area contributed by atoms with E-state index in [1.807, 2.05) is 30.3 Å². The lowest BCUT2D eigenvalue weighted by Gasteiger charge is -2.28. The van der Waals surface area contributed by atoms with Crippen LogP contribution in [0.4, 0.5) is 11.4 Å². The van der Waals surface area contributed by atoms with E-state index in [1.54, 1.807) is 18.3 Å². The summed E-state index contributed by atoms with van der Waals surface area (Å²) < 4.78 is 28.3. The lowest BCUT2D eigenvalue weighted by atomic mass is 9.96. The van der Waals surface area contributed by atoms with E-state index in [9.17, 15) is 8.42 Å². The van der Waals surface area contributed by atoms with Crippen LogP contribution in [0.25, 0.3) is 5.69 Å². The number of rotatable bonds is 6. The Morgan fingerprint density at radius 1 is 0.949 bits per heavy atom. The molecule has 0 spiro atoms. The van der Waals surface area contributed by atoms with Crippen molar-refractivity contribution in [3.8, 4) is 5.69 Å². The molecule has 4 aromatic rings. The van der Waals surface area contributed by atoms with Gasteiger partial charge in [-0.3, -0.25) is 9.71 Å². The molecule has 3 heterocycles. The molecule has 1 saturated heterocycles. The van der Waals surface area contributed by atoms with E-state index in [2.05, 4.69) is 77.3 Å². The van der Waals surface area contributed by atoms with Gasteiger partial charge in [-0.25, -0.2) is 8.42 Å². The van der Waals surface area contributed by atoms with Gasteiger partial charge in [-0.2, -0.15) is 0 Å². The number of nitrogens with zero attached hydrogens (tertiary/aromatic N) is 3. The van der Waals surface area contributed by atoms with Crippen molar-refractivity contribution in [3.63, 3.8) is 0 Å². The normalized spacial score (nSPS) is 17.4. The number of aryl methyl sites for hydroxylation is 4. The first-order valence-electron chi connectivity index (χ1n) is 12.8. The molecule has 202 valence electrons. The molecule has 5 rings (SSSR count). The highest BCUT2D eigenvalue weighted by atomic mass is 32.2. The van der Waals surface area contributed by atoms with Gasteiger partial charge in [0.15, 0.2) is 5.11 Å². The van der Waals surface area contributed by atoms with E-state index >= 15 is 0 Å². The average molecular weight is 560 g/mol. The SMILES string of the molecule is Cc1cc(C)c(-n2c(C)cc([C@@H]3[C@H](c4ccccn4)NC(=S)N3c3ccc(NS(C)(=O)=O)cc3)c2C)c(C)c1. The molecule has 0 unspecified atom stereocenters. The Bertz CT molecular complexity index is 1640. The van der Waals surface area contributed by atoms with Crippen molar-refractivity contribution < 1.29 is 8.42 Å². The molecule has 39 heavy (non-hydrogen) atoms. The van der Waals surface area contributed by atoms with Crippen LogP contribution in [-0.4, -0.2) is 29.3 Å². The fourth-order valence-corrected chi connectivity index (χ4v) is 6.72. The number of nitrogens with one attached hydrogen (secondary N) is 2. The van der Waals surface area contributed by atoms with Crippen LogP contribution >= 0.6 is 12.2 Å². The average Bonchev–Trinajstić information content (AvgIpc) is 3.34. The van der Waals surface area contributed by atoms with E-state index in [1.165, 1.54) is 22.4 Å². The summed E-state index contributed by atoms with van der Waals surface area (Å²) >= 11 is 5.90. The van der Waals surface area contributed by atoms with Crippen LogP contribution in [0.3, 0.4) is 0 Å². The Labute approximate surface area is 235 Å². The number of pyridine rings is 1. The summed E-state index contributed by atoms with van der Waals surface area (Å²) in [5, 5.41) is 4.11. The number of benzene rings is 2. The molecule has 0 amide bonds. The van der Waals surface area contributed by atoms with Gasteiger partial charge in [0.25, 0.3) is 0 Å². The minimum Gasteiger partial charge on any atom is -0.351 e. The number of anilines is 2. The van der Waals surface area contributed by atoms with E-state index in [4.69, 9.17) is 12.2 Å². The number of hydrogen-bond acceptors (Lipinski definition) is 4. The van der Waals surface area contributed by atoms with Crippen LogP contribution in [-0.2, 0) is 10.0 Å². The van der Waals surface area contributed by atoms with Crippen LogP contribution < -0.4 is 14.9 Å². The predicted octanol–water partition coefficient (Wildman–Crippen LogP) is 5.96. The minimum absolute atomic E-state index is 0.174. The van der Waals surface area contributed by atoms with E-state index in [0.717, 1.165) is 34.6 Å². The third-order valence-corrected chi connectivity index (χ3v) is 8.12. The molecule has 1 aliphatic rings. The third-order valence-electron chi connectivity index (χ3n) is 7.19. The van der Waals surface area contributed by atoms with Crippen molar-refractivity contribution in [1.29, 1.82) is 0 Å². The largest absolute Gasteiger partial charge is 0.351 e. The number of thiocarbonyl (C=S) groups is 1. The first kappa shape index (κ1) is 26.9. The topological polar surface area (TPSA) is 79.3 Å². The lowest BCUT2D eigenvalue weighted by Crippen LogP contribution is -2.29. The van der Waals surface area contributed by atoms with Gasteiger partial charge in [0.2, 0.25) is 10.0 Å². The standard InChI is InChI=1S/C30H33N5O2S2/c1-18-15-19(2)28(20(3)16-18)34-21(4)17-25(22(34)5)29-27(26-9-7-8-14-31-26)32-30(38)35(29)24-12-10-23(11-13-24)33-39(6,36)37/h7-17,27,29,33H,1-6H3,(H,32,38)/t27-,29+/m0/s1. The molecule has 1 fully saturated rings. The van der Waals surface area contributed by atoms with Gasteiger partial charge in [0.1, 0.15) is 0 Å². The highest BCUT2D eigenvalue weighted by Crippen LogP contribution is 2.44. The van der Waals surface area contributed by atoms with Gasteiger partial charge in [-0.1, -0.05) is 23.8 Å². The molecule has 2 N–H and O–H groups in total. The zero-order valence-corrected chi connectivity index (χ0v) is 24.6. The fraction of sp³-hybridized carbons (Fsp3) is 0.267. The van der Waals surface area contributed by atoms with E-state index in [0.29, 0.717) is 10.8 Å². The molecule has 2 aromatic heterocycles. The molecular formula is C30H33N5O2S2. The van der Waals surface area contributed by atoms with Gasteiger partial charge in [-0.05, 0) is 106 Å². The van der Waals surface area contributed by atoms with E-state index in [-0.39, 0.29) is 12.1 Å². The summed E-state index contributed by atoms with van der Waals surface area (Å²) in [4.78, 5) is 6.79. The zero-order chi connectivity index (χ0) is 28.1. The van der Waals surface area contributed by atoms with Crippen molar-refractivity contribution in [2.24, 2.45) is 0 Å². The second kappa shape index (κ2) is 10.1. The lowest BCUT2D eigenvalue weighted by molar-refractivity contribution is 0.565. The summed E-state index contributed by atoms with van der Waals surface area (Å²) in [5.41, 5.74) is 10.6. The molecule has 0 radical (unpaired) electrons. The second-order valence-corrected chi connectivity index (χ2v) is 12.5. The monoisotopic (exact) mass is 559 g/mol. The van der Waals surface area contributed by atoms with Gasteiger partial charge in [-0.15, -0.1) is 0 Å². The molecule has 0 saturated carbocycles. The van der Waals surface area contributed by atoms with Crippen molar-refractivity contribution in [1.82, 2.24) is 14.9 Å². The van der Waals surface area contributed by atoms with Crippen molar-refractivity contribution >= 4 is 38.7 Å². The van der Waals surface area contributed by atoms with Crippen LogP contribution in [0.5, 0.6) is 0 Å². The van der Waals surface area contributed by atoms with Crippen molar-refractivity contribution in [2.75, 3.05) is 15.9 Å². The van der Waals surface area contributed by atoms with Crippen molar-refractivity contribution in [3.05, 3.63) is 106 Å². The van der Waals surface area contributed by atoms with Gasteiger partial charge in [0, 0.05) is 29.0 Å².